The topological polar surface area (TPSA) is 49.8 Å². The van der Waals surface area contributed by atoms with Gasteiger partial charge >= 0.3 is 0 Å². The smallest absolute Gasteiger partial charge is 0.151 e. The third kappa shape index (κ3) is 2.91. The van der Waals surface area contributed by atoms with Gasteiger partial charge in [-0.15, -0.1) is 0 Å². The number of nitrogens with zero attached hydrogens (tertiary/aromatic N) is 2. The minimum atomic E-state index is 0.655. The van der Waals surface area contributed by atoms with Crippen LogP contribution in [0.25, 0.3) is 0 Å². The highest BCUT2D eigenvalue weighted by molar-refractivity contribution is 9.10. The standard InChI is InChI=1S/C12H12BrClN4/c1-7-3-8(13)10(4-9(7)14)17-12-6-16-5-11(15-2)18-12/h3-6H,1-2H3,(H2,15,17,18). The van der Waals surface area contributed by atoms with Crippen LogP contribution in [-0.2, 0) is 0 Å². The summed E-state index contributed by atoms with van der Waals surface area (Å²) in [5.74, 6) is 1.36. The molecule has 2 N–H and O–H groups in total. The molecule has 0 spiro atoms. The third-order valence-corrected chi connectivity index (χ3v) is 3.47. The molecule has 0 saturated heterocycles. The van der Waals surface area contributed by atoms with Crippen molar-refractivity contribution in [1.29, 1.82) is 0 Å². The maximum absolute atomic E-state index is 6.10. The zero-order valence-corrected chi connectivity index (χ0v) is 12.3. The lowest BCUT2D eigenvalue weighted by atomic mass is 10.2. The van der Waals surface area contributed by atoms with Crippen molar-refractivity contribution in [3.05, 3.63) is 39.6 Å². The van der Waals surface area contributed by atoms with Gasteiger partial charge in [-0.25, -0.2) is 4.98 Å². The molecule has 1 aromatic carbocycles. The summed E-state index contributed by atoms with van der Waals surface area (Å²) in [5, 5.41) is 6.81. The van der Waals surface area contributed by atoms with Gasteiger partial charge in [0, 0.05) is 16.5 Å². The molecule has 0 fully saturated rings. The van der Waals surface area contributed by atoms with Gasteiger partial charge in [-0.2, -0.15) is 0 Å². The molecule has 0 saturated carbocycles. The predicted octanol–water partition coefficient (Wildman–Crippen LogP) is 3.99. The van der Waals surface area contributed by atoms with Crippen molar-refractivity contribution in [3.63, 3.8) is 0 Å². The van der Waals surface area contributed by atoms with Crippen LogP contribution < -0.4 is 10.6 Å². The lowest BCUT2D eigenvalue weighted by molar-refractivity contribution is 1.18. The van der Waals surface area contributed by atoms with Crippen molar-refractivity contribution >= 4 is 44.9 Å². The van der Waals surface area contributed by atoms with E-state index >= 15 is 0 Å². The maximum Gasteiger partial charge on any atom is 0.151 e. The molecule has 6 heteroatoms. The van der Waals surface area contributed by atoms with Crippen LogP contribution in [0.3, 0.4) is 0 Å². The van der Waals surface area contributed by atoms with Crippen molar-refractivity contribution in [3.8, 4) is 0 Å². The highest BCUT2D eigenvalue weighted by Crippen LogP contribution is 2.30. The van der Waals surface area contributed by atoms with Gasteiger partial charge in [0.15, 0.2) is 5.82 Å². The summed E-state index contributed by atoms with van der Waals surface area (Å²) in [6.45, 7) is 1.96. The minimum Gasteiger partial charge on any atom is -0.372 e. The number of anilines is 3. The Balaban J connectivity index is 2.30. The molecule has 0 aliphatic heterocycles. The number of aromatic nitrogens is 2. The molecule has 0 aliphatic rings. The first-order valence-corrected chi connectivity index (χ1v) is 6.49. The van der Waals surface area contributed by atoms with E-state index in [2.05, 4.69) is 36.5 Å². The van der Waals surface area contributed by atoms with Crippen molar-refractivity contribution in [1.82, 2.24) is 9.97 Å². The second-order valence-corrected chi connectivity index (χ2v) is 5.01. The first kappa shape index (κ1) is 13.1. The molecular formula is C12H12BrClN4. The summed E-state index contributed by atoms with van der Waals surface area (Å²) >= 11 is 9.59. The van der Waals surface area contributed by atoms with Crippen LogP contribution >= 0.6 is 27.5 Å². The molecule has 0 unspecified atom stereocenters. The van der Waals surface area contributed by atoms with E-state index in [1.54, 1.807) is 19.4 Å². The van der Waals surface area contributed by atoms with Crippen LogP contribution in [-0.4, -0.2) is 17.0 Å². The van der Waals surface area contributed by atoms with E-state index in [4.69, 9.17) is 11.6 Å². The quantitative estimate of drug-likeness (QED) is 0.895. The Hall–Kier alpha value is -1.33. The average Bonchev–Trinajstić information content (AvgIpc) is 2.36. The van der Waals surface area contributed by atoms with E-state index in [1.807, 2.05) is 19.1 Å². The van der Waals surface area contributed by atoms with E-state index in [0.717, 1.165) is 15.7 Å². The average molecular weight is 328 g/mol. The Morgan fingerprint density at radius 3 is 2.67 bits per heavy atom. The van der Waals surface area contributed by atoms with Crippen LogP contribution in [0.2, 0.25) is 5.02 Å². The molecule has 1 heterocycles. The molecule has 4 nitrogen and oxygen atoms in total. The number of benzene rings is 1. The fourth-order valence-corrected chi connectivity index (χ4v) is 2.15. The van der Waals surface area contributed by atoms with Crippen LogP contribution in [0.1, 0.15) is 5.56 Å². The first-order valence-electron chi connectivity index (χ1n) is 5.32. The molecule has 2 aromatic rings. The van der Waals surface area contributed by atoms with Crippen molar-refractivity contribution < 1.29 is 0 Å². The Morgan fingerprint density at radius 2 is 1.94 bits per heavy atom. The van der Waals surface area contributed by atoms with Crippen molar-refractivity contribution in [2.75, 3.05) is 17.7 Å². The van der Waals surface area contributed by atoms with Crippen LogP contribution in [0.4, 0.5) is 17.3 Å². The summed E-state index contributed by atoms with van der Waals surface area (Å²) in [6, 6.07) is 3.81. The number of aryl methyl sites for hydroxylation is 1. The molecule has 0 amide bonds. The molecule has 2 rings (SSSR count). The van der Waals surface area contributed by atoms with Gasteiger partial charge in [-0.1, -0.05) is 11.6 Å². The Bertz CT molecular complexity index is 574. The minimum absolute atomic E-state index is 0.655. The zero-order valence-electron chi connectivity index (χ0n) is 9.96. The molecule has 0 radical (unpaired) electrons. The Labute approximate surface area is 119 Å². The highest BCUT2D eigenvalue weighted by Gasteiger charge is 2.06. The monoisotopic (exact) mass is 326 g/mol. The van der Waals surface area contributed by atoms with Crippen LogP contribution in [0.15, 0.2) is 29.0 Å². The summed E-state index contributed by atoms with van der Waals surface area (Å²) in [4.78, 5) is 8.42. The van der Waals surface area contributed by atoms with Gasteiger partial charge in [0.05, 0.1) is 18.1 Å². The van der Waals surface area contributed by atoms with Crippen molar-refractivity contribution in [2.24, 2.45) is 0 Å². The van der Waals surface area contributed by atoms with Gasteiger partial charge < -0.3 is 10.6 Å². The fraction of sp³-hybridized carbons (Fsp3) is 0.167. The first-order chi connectivity index (χ1) is 8.60. The van der Waals surface area contributed by atoms with Crippen LogP contribution in [0.5, 0.6) is 0 Å². The Morgan fingerprint density at radius 1 is 1.22 bits per heavy atom. The van der Waals surface area contributed by atoms with Gasteiger partial charge in [-0.05, 0) is 40.5 Å². The molecule has 0 aliphatic carbocycles. The molecular weight excluding hydrogens is 316 g/mol. The fourth-order valence-electron chi connectivity index (χ4n) is 1.43. The number of halogens is 2. The predicted molar refractivity (Wildman–Crippen MR) is 78.8 cm³/mol. The largest absolute Gasteiger partial charge is 0.372 e. The highest BCUT2D eigenvalue weighted by atomic mass is 79.9. The number of nitrogens with one attached hydrogen (secondary N) is 2. The summed E-state index contributed by atoms with van der Waals surface area (Å²) < 4.78 is 0.932. The number of rotatable bonds is 3. The van der Waals surface area contributed by atoms with Gasteiger partial charge in [0.25, 0.3) is 0 Å². The van der Waals surface area contributed by atoms with E-state index in [-0.39, 0.29) is 0 Å². The summed E-state index contributed by atoms with van der Waals surface area (Å²) in [7, 11) is 1.80. The SMILES string of the molecule is CNc1cncc(Nc2cc(Cl)c(C)cc2Br)n1. The zero-order chi connectivity index (χ0) is 13.1. The second-order valence-electron chi connectivity index (χ2n) is 3.75. The van der Waals surface area contributed by atoms with Gasteiger partial charge in [0.2, 0.25) is 0 Å². The number of hydrogen-bond donors (Lipinski definition) is 2. The second kappa shape index (κ2) is 5.54. The number of hydrogen-bond acceptors (Lipinski definition) is 4. The summed E-state index contributed by atoms with van der Waals surface area (Å²) in [6.07, 6.45) is 3.31. The Kier molecular flexibility index (Phi) is 4.04. The van der Waals surface area contributed by atoms with Crippen molar-refractivity contribution in [2.45, 2.75) is 6.92 Å². The lowest BCUT2D eigenvalue weighted by Gasteiger charge is -2.10. The molecule has 0 bridgehead atoms. The van der Waals surface area contributed by atoms with E-state index in [1.165, 1.54) is 0 Å². The lowest BCUT2D eigenvalue weighted by Crippen LogP contribution is -1.99. The van der Waals surface area contributed by atoms with Gasteiger partial charge in [0.1, 0.15) is 5.82 Å². The van der Waals surface area contributed by atoms with E-state index in [0.29, 0.717) is 16.7 Å². The van der Waals surface area contributed by atoms with Crippen LogP contribution in [0, 0.1) is 6.92 Å². The third-order valence-electron chi connectivity index (χ3n) is 2.40. The molecule has 1 aromatic heterocycles. The van der Waals surface area contributed by atoms with E-state index < -0.39 is 0 Å². The molecule has 18 heavy (non-hydrogen) atoms. The maximum atomic E-state index is 6.10. The molecule has 0 atom stereocenters. The van der Waals surface area contributed by atoms with Gasteiger partial charge in [-0.3, -0.25) is 4.98 Å². The van der Waals surface area contributed by atoms with E-state index in [9.17, 15) is 0 Å². The molecule has 94 valence electrons. The normalized spacial score (nSPS) is 10.2. The summed E-state index contributed by atoms with van der Waals surface area (Å²) in [5.41, 5.74) is 1.87.